The number of hydrogen-bond donors (Lipinski definition) is 0. The second-order valence-corrected chi connectivity index (χ2v) is 3.15. The van der Waals surface area contributed by atoms with Crippen molar-refractivity contribution in [3.63, 3.8) is 0 Å². The number of oxazole rings is 1. The van der Waals surface area contributed by atoms with E-state index in [1.807, 2.05) is 0 Å². The molecule has 0 saturated heterocycles. The Morgan fingerprint density at radius 1 is 1.36 bits per heavy atom. The third-order valence-corrected chi connectivity index (χ3v) is 1.97. The van der Waals surface area contributed by atoms with Crippen LogP contribution in [-0.2, 0) is 0 Å². The highest BCUT2D eigenvalue weighted by molar-refractivity contribution is 5.54. The van der Waals surface area contributed by atoms with E-state index in [1.165, 1.54) is 6.07 Å². The fraction of sp³-hybridized carbons (Fsp3) is 0.182. The molecule has 0 fully saturated rings. The first-order valence-corrected chi connectivity index (χ1v) is 4.28. The van der Waals surface area contributed by atoms with E-state index in [4.69, 9.17) is 4.42 Å². The van der Waals surface area contributed by atoms with Crippen molar-refractivity contribution < 1.29 is 8.81 Å². The van der Waals surface area contributed by atoms with Gasteiger partial charge in [-0.15, -0.1) is 0 Å². The highest BCUT2D eigenvalue weighted by Crippen LogP contribution is 2.20. The summed E-state index contributed by atoms with van der Waals surface area (Å²) >= 11 is 0. The fourth-order valence-corrected chi connectivity index (χ4v) is 1.22. The van der Waals surface area contributed by atoms with Gasteiger partial charge >= 0.3 is 0 Å². The standard InChI is InChI=1S/C11H9FNO/c1-7-5-9(3-4-10(7)12)11-13-6-8(2)14-11/h3-5H,1-2H3. The Kier molecular flexibility index (Phi) is 2.08. The molecule has 1 aromatic carbocycles. The van der Waals surface area contributed by atoms with Gasteiger partial charge in [0, 0.05) is 5.56 Å². The van der Waals surface area contributed by atoms with Crippen molar-refractivity contribution in [2.75, 3.05) is 0 Å². The lowest BCUT2D eigenvalue weighted by atomic mass is 10.1. The lowest BCUT2D eigenvalue weighted by Crippen LogP contribution is -1.83. The molecule has 0 unspecified atom stereocenters. The molecule has 0 bridgehead atoms. The van der Waals surface area contributed by atoms with Crippen LogP contribution in [0.5, 0.6) is 0 Å². The van der Waals surface area contributed by atoms with E-state index in [0.717, 1.165) is 5.56 Å². The summed E-state index contributed by atoms with van der Waals surface area (Å²) < 4.78 is 18.2. The lowest BCUT2D eigenvalue weighted by molar-refractivity contribution is 0.541. The average molecular weight is 190 g/mol. The molecule has 0 aliphatic rings. The Morgan fingerprint density at radius 2 is 2.14 bits per heavy atom. The first-order chi connectivity index (χ1) is 6.66. The third-order valence-electron chi connectivity index (χ3n) is 1.97. The molecule has 1 heterocycles. The summed E-state index contributed by atoms with van der Waals surface area (Å²) in [6.45, 7) is 3.48. The Labute approximate surface area is 81.4 Å². The zero-order valence-corrected chi connectivity index (χ0v) is 7.97. The van der Waals surface area contributed by atoms with Crippen molar-refractivity contribution in [3.05, 3.63) is 41.5 Å². The third kappa shape index (κ3) is 1.53. The van der Waals surface area contributed by atoms with Crippen LogP contribution in [0.1, 0.15) is 11.3 Å². The number of rotatable bonds is 1. The predicted octanol–water partition coefficient (Wildman–Crippen LogP) is 2.90. The summed E-state index contributed by atoms with van der Waals surface area (Å²) in [5.74, 6) is 0.883. The molecule has 0 spiro atoms. The number of aryl methyl sites for hydroxylation is 2. The zero-order chi connectivity index (χ0) is 10.1. The van der Waals surface area contributed by atoms with Gasteiger partial charge in [0.25, 0.3) is 0 Å². The number of aromatic nitrogens is 1. The Balaban J connectivity index is 2.47. The summed E-state index contributed by atoms with van der Waals surface area (Å²) in [7, 11) is 0. The molecule has 1 radical (unpaired) electrons. The van der Waals surface area contributed by atoms with Gasteiger partial charge in [0.1, 0.15) is 17.8 Å². The van der Waals surface area contributed by atoms with Gasteiger partial charge in [0.05, 0.1) is 0 Å². The van der Waals surface area contributed by atoms with Crippen molar-refractivity contribution in [3.8, 4) is 11.5 Å². The SMILES string of the molecule is Cc1[c]nc(-c2ccc(F)c(C)c2)o1. The molecule has 0 amide bonds. The fourth-order valence-electron chi connectivity index (χ4n) is 1.22. The number of hydrogen-bond acceptors (Lipinski definition) is 2. The van der Waals surface area contributed by atoms with E-state index < -0.39 is 0 Å². The quantitative estimate of drug-likeness (QED) is 0.691. The molecular formula is C11H9FNO. The van der Waals surface area contributed by atoms with Gasteiger partial charge in [-0.05, 0) is 37.6 Å². The molecule has 14 heavy (non-hydrogen) atoms. The number of halogens is 1. The maximum absolute atomic E-state index is 13.0. The Hall–Kier alpha value is -1.64. The second-order valence-electron chi connectivity index (χ2n) is 3.15. The normalized spacial score (nSPS) is 10.5. The van der Waals surface area contributed by atoms with Gasteiger partial charge in [0.2, 0.25) is 5.89 Å². The van der Waals surface area contributed by atoms with Crippen LogP contribution in [0.15, 0.2) is 22.6 Å². The van der Waals surface area contributed by atoms with Crippen LogP contribution in [0, 0.1) is 25.9 Å². The maximum atomic E-state index is 13.0. The molecule has 2 rings (SSSR count). The van der Waals surface area contributed by atoms with Crippen molar-refractivity contribution >= 4 is 0 Å². The highest BCUT2D eigenvalue weighted by Gasteiger charge is 2.06. The Morgan fingerprint density at radius 3 is 2.71 bits per heavy atom. The van der Waals surface area contributed by atoms with Crippen LogP contribution in [0.2, 0.25) is 0 Å². The molecule has 0 N–H and O–H groups in total. The van der Waals surface area contributed by atoms with Crippen LogP contribution in [-0.4, -0.2) is 4.98 Å². The highest BCUT2D eigenvalue weighted by atomic mass is 19.1. The van der Waals surface area contributed by atoms with E-state index in [2.05, 4.69) is 11.2 Å². The van der Waals surface area contributed by atoms with Crippen LogP contribution in [0.3, 0.4) is 0 Å². The van der Waals surface area contributed by atoms with Gasteiger partial charge in [-0.25, -0.2) is 9.37 Å². The van der Waals surface area contributed by atoms with Gasteiger partial charge < -0.3 is 4.42 Å². The van der Waals surface area contributed by atoms with Gasteiger partial charge in [-0.3, -0.25) is 0 Å². The summed E-state index contributed by atoms with van der Waals surface area (Å²) in [5, 5.41) is 0. The minimum absolute atomic E-state index is 0.221. The molecule has 1 aromatic heterocycles. The number of nitrogens with zero attached hydrogens (tertiary/aromatic N) is 1. The summed E-state index contributed by atoms with van der Waals surface area (Å²) in [6, 6.07) is 4.75. The first kappa shape index (κ1) is 8.94. The summed E-state index contributed by atoms with van der Waals surface area (Å²) in [5.41, 5.74) is 1.35. The van der Waals surface area contributed by atoms with Crippen LogP contribution >= 0.6 is 0 Å². The minimum Gasteiger partial charge on any atom is -0.441 e. The van der Waals surface area contributed by atoms with Crippen molar-refractivity contribution in [1.82, 2.24) is 4.98 Å². The number of benzene rings is 1. The first-order valence-electron chi connectivity index (χ1n) is 4.28. The largest absolute Gasteiger partial charge is 0.441 e. The Bertz CT molecular complexity index is 462. The van der Waals surface area contributed by atoms with Gasteiger partial charge in [-0.2, -0.15) is 0 Å². The van der Waals surface area contributed by atoms with E-state index in [9.17, 15) is 4.39 Å². The van der Waals surface area contributed by atoms with Gasteiger partial charge in [0.15, 0.2) is 0 Å². The smallest absolute Gasteiger partial charge is 0.226 e. The van der Waals surface area contributed by atoms with Gasteiger partial charge in [-0.1, -0.05) is 0 Å². The van der Waals surface area contributed by atoms with E-state index in [0.29, 0.717) is 17.2 Å². The molecular weight excluding hydrogens is 181 g/mol. The zero-order valence-electron chi connectivity index (χ0n) is 7.97. The summed E-state index contributed by atoms with van der Waals surface area (Å²) in [6.07, 6.45) is 2.69. The van der Waals surface area contributed by atoms with Crippen molar-refractivity contribution in [2.24, 2.45) is 0 Å². The van der Waals surface area contributed by atoms with Crippen LogP contribution in [0.4, 0.5) is 4.39 Å². The monoisotopic (exact) mass is 190 g/mol. The molecule has 0 saturated carbocycles. The van der Waals surface area contributed by atoms with Crippen molar-refractivity contribution in [2.45, 2.75) is 13.8 Å². The maximum Gasteiger partial charge on any atom is 0.226 e. The lowest BCUT2D eigenvalue weighted by Gasteiger charge is -1.98. The topological polar surface area (TPSA) is 26.0 Å². The van der Waals surface area contributed by atoms with E-state index in [1.54, 1.807) is 26.0 Å². The average Bonchev–Trinajstić information content (AvgIpc) is 2.57. The second kappa shape index (κ2) is 3.25. The van der Waals surface area contributed by atoms with Crippen LogP contribution < -0.4 is 0 Å². The summed E-state index contributed by atoms with van der Waals surface area (Å²) in [4.78, 5) is 3.94. The molecule has 71 valence electrons. The predicted molar refractivity (Wildman–Crippen MR) is 50.2 cm³/mol. The van der Waals surface area contributed by atoms with E-state index >= 15 is 0 Å². The van der Waals surface area contributed by atoms with Crippen molar-refractivity contribution in [1.29, 1.82) is 0 Å². The molecule has 2 aromatic rings. The molecule has 2 nitrogen and oxygen atoms in total. The molecule has 0 aliphatic carbocycles. The molecule has 0 atom stereocenters. The molecule has 0 aliphatic heterocycles. The van der Waals surface area contributed by atoms with Crippen LogP contribution in [0.25, 0.3) is 11.5 Å². The van der Waals surface area contributed by atoms with E-state index in [-0.39, 0.29) is 5.82 Å². The molecule has 3 heteroatoms. The minimum atomic E-state index is -0.221.